The van der Waals surface area contributed by atoms with Gasteiger partial charge in [0.25, 0.3) is 0 Å². The summed E-state index contributed by atoms with van der Waals surface area (Å²) in [5, 5.41) is 13.4. The van der Waals surface area contributed by atoms with Gasteiger partial charge in [-0.05, 0) is 25.3 Å². The van der Waals surface area contributed by atoms with E-state index >= 15 is 0 Å². The van der Waals surface area contributed by atoms with Crippen LogP contribution in [0, 0.1) is 6.92 Å². The predicted molar refractivity (Wildman–Crippen MR) is 102 cm³/mol. The van der Waals surface area contributed by atoms with Gasteiger partial charge in [0.15, 0.2) is 5.82 Å². The molecule has 3 rings (SSSR count). The number of aromatic nitrogens is 3. The van der Waals surface area contributed by atoms with E-state index in [4.69, 9.17) is 5.84 Å². The highest BCUT2D eigenvalue weighted by Crippen LogP contribution is 2.25. The number of thioether (sulfide) groups is 1. The summed E-state index contributed by atoms with van der Waals surface area (Å²) < 4.78 is 1.43. The molecule has 0 saturated carbocycles. The summed E-state index contributed by atoms with van der Waals surface area (Å²) in [5.74, 6) is 6.63. The van der Waals surface area contributed by atoms with Crippen LogP contribution in [0.3, 0.4) is 0 Å². The van der Waals surface area contributed by atoms with Gasteiger partial charge in [-0.25, -0.2) is 4.68 Å². The van der Waals surface area contributed by atoms with E-state index in [9.17, 15) is 4.79 Å². The van der Waals surface area contributed by atoms with Gasteiger partial charge in [-0.2, -0.15) is 0 Å². The van der Waals surface area contributed by atoms with E-state index in [2.05, 4.69) is 15.5 Å². The SMILES string of the molecule is Cc1ccc(-c2nnc(SC(C)C(=O)NCc3cccs3)n2N)cc1. The minimum atomic E-state index is -0.322. The summed E-state index contributed by atoms with van der Waals surface area (Å²) >= 11 is 2.91. The number of hydrogen-bond acceptors (Lipinski definition) is 6. The number of benzene rings is 1. The molecule has 1 amide bonds. The lowest BCUT2D eigenvalue weighted by molar-refractivity contribution is -0.120. The Bertz CT molecular complexity index is 843. The van der Waals surface area contributed by atoms with Crippen molar-refractivity contribution in [2.24, 2.45) is 0 Å². The summed E-state index contributed by atoms with van der Waals surface area (Å²) in [4.78, 5) is 13.4. The molecule has 0 saturated heterocycles. The Morgan fingerprint density at radius 2 is 2.08 bits per heavy atom. The number of carbonyl (C=O) groups is 1. The molecule has 2 aromatic heterocycles. The van der Waals surface area contributed by atoms with Crippen LogP contribution >= 0.6 is 23.1 Å². The summed E-state index contributed by atoms with van der Waals surface area (Å²) in [6, 6.07) is 11.9. The van der Waals surface area contributed by atoms with Crippen LogP contribution < -0.4 is 11.2 Å². The van der Waals surface area contributed by atoms with Crippen LogP contribution in [0.1, 0.15) is 17.4 Å². The van der Waals surface area contributed by atoms with Crippen LogP contribution in [0.4, 0.5) is 0 Å². The molecule has 1 unspecified atom stereocenters. The molecule has 0 spiro atoms. The molecule has 3 N–H and O–H groups in total. The van der Waals surface area contributed by atoms with Crippen LogP contribution in [-0.4, -0.2) is 26.0 Å². The molecule has 1 atom stereocenters. The normalized spacial score (nSPS) is 12.1. The number of thiophene rings is 1. The van der Waals surface area contributed by atoms with E-state index in [1.54, 1.807) is 11.3 Å². The van der Waals surface area contributed by atoms with Crippen molar-refractivity contribution in [1.29, 1.82) is 0 Å². The Kier molecular flexibility index (Phi) is 5.40. The first-order valence-corrected chi connectivity index (χ1v) is 9.55. The first kappa shape index (κ1) is 17.5. The minimum Gasteiger partial charge on any atom is -0.350 e. The average molecular weight is 374 g/mol. The lowest BCUT2D eigenvalue weighted by Crippen LogP contribution is -2.30. The van der Waals surface area contributed by atoms with Gasteiger partial charge in [0.05, 0.1) is 11.8 Å². The van der Waals surface area contributed by atoms with E-state index in [0.29, 0.717) is 17.5 Å². The zero-order valence-electron chi connectivity index (χ0n) is 14.0. The molecule has 130 valence electrons. The van der Waals surface area contributed by atoms with Gasteiger partial charge in [-0.3, -0.25) is 4.79 Å². The van der Waals surface area contributed by atoms with Crippen molar-refractivity contribution in [3.8, 4) is 11.4 Å². The third-order valence-electron chi connectivity index (χ3n) is 3.64. The maximum absolute atomic E-state index is 12.2. The minimum absolute atomic E-state index is 0.0571. The van der Waals surface area contributed by atoms with E-state index in [1.807, 2.05) is 55.6 Å². The molecule has 0 bridgehead atoms. The summed E-state index contributed by atoms with van der Waals surface area (Å²) in [5.41, 5.74) is 2.06. The summed E-state index contributed by atoms with van der Waals surface area (Å²) in [7, 11) is 0. The van der Waals surface area contributed by atoms with Crippen LogP contribution in [-0.2, 0) is 11.3 Å². The van der Waals surface area contributed by atoms with Gasteiger partial charge in [0.2, 0.25) is 11.1 Å². The number of nitrogens with zero attached hydrogens (tertiary/aromatic N) is 3. The summed E-state index contributed by atoms with van der Waals surface area (Å²) in [6.07, 6.45) is 0. The molecule has 0 radical (unpaired) electrons. The predicted octanol–water partition coefficient (Wildman–Crippen LogP) is 2.83. The molecule has 0 aliphatic rings. The molecule has 1 aromatic carbocycles. The highest BCUT2D eigenvalue weighted by molar-refractivity contribution is 8.00. The van der Waals surface area contributed by atoms with Crippen LogP contribution in [0.25, 0.3) is 11.4 Å². The van der Waals surface area contributed by atoms with Crippen molar-refractivity contribution in [3.63, 3.8) is 0 Å². The largest absolute Gasteiger partial charge is 0.350 e. The van der Waals surface area contributed by atoms with E-state index in [0.717, 1.165) is 16.0 Å². The molecule has 0 aliphatic heterocycles. The number of carbonyl (C=O) groups excluding carboxylic acids is 1. The Morgan fingerprint density at radius 3 is 2.76 bits per heavy atom. The zero-order valence-corrected chi connectivity index (χ0v) is 15.6. The molecule has 6 nitrogen and oxygen atoms in total. The fourth-order valence-electron chi connectivity index (χ4n) is 2.20. The second-order valence-electron chi connectivity index (χ2n) is 5.60. The fraction of sp³-hybridized carbons (Fsp3) is 0.235. The van der Waals surface area contributed by atoms with Crippen molar-refractivity contribution in [2.75, 3.05) is 5.84 Å². The number of nitrogens with one attached hydrogen (secondary N) is 1. The van der Waals surface area contributed by atoms with Gasteiger partial charge in [0, 0.05) is 10.4 Å². The lowest BCUT2D eigenvalue weighted by Gasteiger charge is -2.11. The van der Waals surface area contributed by atoms with Crippen molar-refractivity contribution < 1.29 is 4.79 Å². The zero-order chi connectivity index (χ0) is 17.8. The van der Waals surface area contributed by atoms with Crippen molar-refractivity contribution in [2.45, 2.75) is 30.8 Å². The smallest absolute Gasteiger partial charge is 0.233 e. The molecule has 2 heterocycles. The van der Waals surface area contributed by atoms with Gasteiger partial charge in [0.1, 0.15) is 0 Å². The highest BCUT2D eigenvalue weighted by Gasteiger charge is 2.19. The van der Waals surface area contributed by atoms with Crippen LogP contribution in [0.2, 0.25) is 0 Å². The van der Waals surface area contributed by atoms with Crippen molar-refractivity contribution in [3.05, 3.63) is 52.2 Å². The maximum atomic E-state index is 12.2. The Labute approximate surface area is 154 Å². The maximum Gasteiger partial charge on any atom is 0.233 e. The van der Waals surface area contributed by atoms with Gasteiger partial charge >= 0.3 is 0 Å². The number of hydrogen-bond donors (Lipinski definition) is 2. The van der Waals surface area contributed by atoms with E-state index < -0.39 is 0 Å². The number of aryl methyl sites for hydroxylation is 1. The molecular formula is C17H19N5OS2. The Morgan fingerprint density at radius 1 is 1.32 bits per heavy atom. The number of nitrogen functional groups attached to an aromatic ring is 1. The highest BCUT2D eigenvalue weighted by atomic mass is 32.2. The molecule has 8 heteroatoms. The quantitative estimate of drug-likeness (QED) is 0.513. The van der Waals surface area contributed by atoms with Crippen molar-refractivity contribution in [1.82, 2.24) is 20.2 Å². The van der Waals surface area contributed by atoms with Gasteiger partial charge in [-0.15, -0.1) is 21.5 Å². The average Bonchev–Trinajstić information content (AvgIpc) is 3.24. The Hall–Kier alpha value is -2.32. The first-order chi connectivity index (χ1) is 12.0. The van der Waals surface area contributed by atoms with Crippen LogP contribution in [0.15, 0.2) is 46.9 Å². The fourth-order valence-corrected chi connectivity index (χ4v) is 3.64. The second-order valence-corrected chi connectivity index (χ2v) is 7.94. The summed E-state index contributed by atoms with van der Waals surface area (Å²) in [6.45, 7) is 4.38. The van der Waals surface area contributed by atoms with Gasteiger partial charge in [-0.1, -0.05) is 47.7 Å². The molecule has 0 aliphatic carbocycles. The van der Waals surface area contributed by atoms with E-state index in [-0.39, 0.29) is 11.2 Å². The standard InChI is InChI=1S/C17H19N5OS2/c1-11-5-7-13(8-6-11)15-20-21-17(22(15)18)25-12(2)16(23)19-10-14-4-3-9-24-14/h3-9,12H,10,18H2,1-2H3,(H,19,23). The molecular weight excluding hydrogens is 354 g/mol. The third-order valence-corrected chi connectivity index (χ3v) is 5.58. The first-order valence-electron chi connectivity index (χ1n) is 7.79. The third kappa shape index (κ3) is 4.21. The van der Waals surface area contributed by atoms with E-state index in [1.165, 1.54) is 16.4 Å². The topological polar surface area (TPSA) is 85.8 Å². The monoisotopic (exact) mass is 373 g/mol. The molecule has 3 aromatic rings. The second kappa shape index (κ2) is 7.71. The Balaban J connectivity index is 1.64. The molecule has 25 heavy (non-hydrogen) atoms. The number of nitrogens with two attached hydrogens (primary N) is 1. The lowest BCUT2D eigenvalue weighted by atomic mass is 10.1. The van der Waals surface area contributed by atoms with Crippen LogP contribution in [0.5, 0.6) is 0 Å². The van der Waals surface area contributed by atoms with Crippen molar-refractivity contribution >= 4 is 29.0 Å². The number of rotatable bonds is 6. The number of amides is 1. The van der Waals surface area contributed by atoms with Gasteiger partial charge < -0.3 is 11.2 Å². The molecule has 0 fully saturated rings.